The van der Waals surface area contributed by atoms with Crippen molar-refractivity contribution in [1.29, 1.82) is 0 Å². The molecule has 1 saturated heterocycles. The lowest BCUT2D eigenvalue weighted by atomic mass is 10.1. The quantitative estimate of drug-likeness (QED) is 0.821. The lowest BCUT2D eigenvalue weighted by Crippen LogP contribution is -2.26. The van der Waals surface area contributed by atoms with Crippen molar-refractivity contribution in [2.75, 3.05) is 32.1 Å². The Bertz CT molecular complexity index is 383. The van der Waals surface area contributed by atoms with Crippen LogP contribution < -0.4 is 10.1 Å². The molecule has 1 fully saturated rings. The molecule has 19 heavy (non-hydrogen) atoms. The summed E-state index contributed by atoms with van der Waals surface area (Å²) in [5, 5.41) is 3.27. The number of hydrogen-bond acceptors (Lipinski definition) is 4. The van der Waals surface area contributed by atoms with E-state index >= 15 is 0 Å². The molecular weight excluding hydrogens is 238 g/mol. The average Bonchev–Trinajstić information content (AvgIpc) is 2.83. The molecule has 0 aliphatic carbocycles. The fraction of sp³-hybridized carbons (Fsp3) is 0.667. The maximum atomic E-state index is 5.83. The van der Waals surface area contributed by atoms with Gasteiger partial charge in [0, 0.05) is 24.8 Å². The van der Waals surface area contributed by atoms with Crippen molar-refractivity contribution in [2.24, 2.45) is 0 Å². The molecule has 2 rings (SSSR count). The topological polar surface area (TPSA) is 37.4 Å². The van der Waals surface area contributed by atoms with Gasteiger partial charge in [0.15, 0.2) is 0 Å². The molecule has 1 aromatic rings. The second-order valence-electron chi connectivity index (χ2n) is 5.22. The first-order valence-corrected chi connectivity index (χ1v) is 7.32. The lowest BCUT2D eigenvalue weighted by molar-refractivity contribution is 0.233. The minimum Gasteiger partial charge on any atom is -0.493 e. The van der Waals surface area contributed by atoms with Crippen LogP contribution >= 0.6 is 0 Å². The maximum absolute atomic E-state index is 5.83. The third kappa shape index (κ3) is 4.39. The summed E-state index contributed by atoms with van der Waals surface area (Å²) < 4.78 is 5.83. The van der Waals surface area contributed by atoms with Crippen molar-refractivity contribution in [2.45, 2.75) is 38.6 Å². The fourth-order valence-electron chi connectivity index (χ4n) is 2.51. The van der Waals surface area contributed by atoms with Gasteiger partial charge in [-0.05, 0) is 45.3 Å². The van der Waals surface area contributed by atoms with E-state index in [1.165, 1.54) is 19.4 Å². The van der Waals surface area contributed by atoms with Crippen molar-refractivity contribution < 1.29 is 4.74 Å². The van der Waals surface area contributed by atoms with Gasteiger partial charge >= 0.3 is 0 Å². The van der Waals surface area contributed by atoms with E-state index in [4.69, 9.17) is 4.74 Å². The third-order valence-electron chi connectivity index (χ3n) is 3.68. The van der Waals surface area contributed by atoms with E-state index in [9.17, 15) is 0 Å². The molecule has 4 heteroatoms. The van der Waals surface area contributed by atoms with Gasteiger partial charge in [0.25, 0.3) is 0 Å². The van der Waals surface area contributed by atoms with E-state index in [2.05, 4.69) is 29.2 Å². The minimum absolute atomic E-state index is 0.694. The zero-order chi connectivity index (χ0) is 13.5. The van der Waals surface area contributed by atoms with Crippen LogP contribution in [0.2, 0.25) is 0 Å². The first-order valence-electron chi connectivity index (χ1n) is 7.32. The monoisotopic (exact) mass is 263 g/mol. The Hall–Kier alpha value is -1.29. The molecule has 2 heterocycles. The summed E-state index contributed by atoms with van der Waals surface area (Å²) >= 11 is 0. The average molecular weight is 263 g/mol. The number of nitrogens with zero attached hydrogens (tertiary/aromatic N) is 2. The molecule has 0 spiro atoms. The highest BCUT2D eigenvalue weighted by Gasteiger charge is 2.20. The highest BCUT2D eigenvalue weighted by Crippen LogP contribution is 2.19. The zero-order valence-electron chi connectivity index (χ0n) is 12.1. The molecule has 1 aliphatic heterocycles. The third-order valence-corrected chi connectivity index (χ3v) is 3.68. The molecule has 1 N–H and O–H groups in total. The molecule has 1 atom stereocenters. The molecule has 0 saturated carbocycles. The van der Waals surface area contributed by atoms with Crippen molar-refractivity contribution >= 4 is 5.82 Å². The minimum atomic E-state index is 0.694. The van der Waals surface area contributed by atoms with Gasteiger partial charge in [-0.15, -0.1) is 0 Å². The van der Waals surface area contributed by atoms with E-state index in [-0.39, 0.29) is 0 Å². The predicted molar refractivity (Wildman–Crippen MR) is 78.8 cm³/mol. The van der Waals surface area contributed by atoms with Crippen LogP contribution in [0, 0.1) is 0 Å². The highest BCUT2D eigenvalue weighted by atomic mass is 16.5. The van der Waals surface area contributed by atoms with Crippen LogP contribution in [-0.2, 0) is 0 Å². The van der Waals surface area contributed by atoms with Crippen LogP contribution in [0.25, 0.3) is 0 Å². The first-order chi connectivity index (χ1) is 9.29. The van der Waals surface area contributed by atoms with Crippen LogP contribution in [0.5, 0.6) is 5.75 Å². The van der Waals surface area contributed by atoms with Crippen molar-refractivity contribution in [3.05, 3.63) is 18.3 Å². The van der Waals surface area contributed by atoms with Gasteiger partial charge in [-0.3, -0.25) is 0 Å². The van der Waals surface area contributed by atoms with Crippen LogP contribution in [0.3, 0.4) is 0 Å². The van der Waals surface area contributed by atoms with Crippen LogP contribution in [0.1, 0.15) is 32.6 Å². The number of hydrogen-bond donors (Lipinski definition) is 1. The second-order valence-corrected chi connectivity index (χ2v) is 5.22. The number of aromatic nitrogens is 1. The summed E-state index contributed by atoms with van der Waals surface area (Å²) in [4.78, 5) is 6.71. The molecule has 1 aromatic heterocycles. The van der Waals surface area contributed by atoms with E-state index in [0.29, 0.717) is 6.04 Å². The van der Waals surface area contributed by atoms with E-state index in [1.54, 1.807) is 6.20 Å². The molecule has 106 valence electrons. The van der Waals surface area contributed by atoms with Crippen molar-refractivity contribution in [3.63, 3.8) is 0 Å². The van der Waals surface area contributed by atoms with Crippen LogP contribution in [-0.4, -0.2) is 42.7 Å². The van der Waals surface area contributed by atoms with Gasteiger partial charge < -0.3 is 15.0 Å². The number of ether oxygens (including phenoxy) is 1. The van der Waals surface area contributed by atoms with E-state index in [0.717, 1.165) is 37.6 Å². The SMILES string of the molecule is CCCNc1cc(OCCC2CCCN2C)ccn1. The Kier molecular flexibility index (Phi) is 5.45. The Balaban J connectivity index is 1.75. The maximum Gasteiger partial charge on any atom is 0.129 e. The lowest BCUT2D eigenvalue weighted by Gasteiger charge is -2.19. The van der Waals surface area contributed by atoms with Crippen molar-refractivity contribution in [1.82, 2.24) is 9.88 Å². The van der Waals surface area contributed by atoms with Gasteiger partial charge in [0.2, 0.25) is 0 Å². The Labute approximate surface area is 116 Å². The molecule has 1 aliphatic rings. The molecule has 4 nitrogen and oxygen atoms in total. The number of rotatable bonds is 7. The normalized spacial score (nSPS) is 19.6. The molecule has 0 amide bonds. The summed E-state index contributed by atoms with van der Waals surface area (Å²) in [5.74, 6) is 1.81. The Morgan fingerprint density at radius 2 is 2.42 bits per heavy atom. The molecular formula is C15H25N3O. The molecule has 0 aromatic carbocycles. The summed E-state index contributed by atoms with van der Waals surface area (Å²) in [6, 6.07) is 4.60. The number of nitrogens with one attached hydrogen (secondary N) is 1. The van der Waals surface area contributed by atoms with Gasteiger partial charge in [-0.1, -0.05) is 6.92 Å². The largest absolute Gasteiger partial charge is 0.493 e. The molecule has 0 bridgehead atoms. The highest BCUT2D eigenvalue weighted by molar-refractivity contribution is 5.40. The summed E-state index contributed by atoms with van der Waals surface area (Å²) in [6.45, 7) is 5.10. The van der Waals surface area contributed by atoms with Gasteiger partial charge in [0.05, 0.1) is 6.61 Å². The molecule has 0 radical (unpaired) electrons. The first kappa shape index (κ1) is 14.1. The predicted octanol–water partition coefficient (Wildman–Crippen LogP) is 2.77. The number of likely N-dealkylation sites (tertiary alicyclic amines) is 1. The summed E-state index contributed by atoms with van der Waals surface area (Å²) in [6.07, 6.45) is 6.63. The fourth-order valence-corrected chi connectivity index (χ4v) is 2.51. The summed E-state index contributed by atoms with van der Waals surface area (Å²) in [5.41, 5.74) is 0. The molecule has 1 unspecified atom stereocenters. The van der Waals surface area contributed by atoms with Crippen LogP contribution in [0.15, 0.2) is 18.3 Å². The standard InChI is InChI=1S/C15H25N3O/c1-3-8-16-15-12-14(6-9-17-15)19-11-7-13-5-4-10-18(13)2/h6,9,12-13H,3-5,7-8,10-11H2,1-2H3,(H,16,17). The second kappa shape index (κ2) is 7.34. The zero-order valence-corrected chi connectivity index (χ0v) is 12.1. The Morgan fingerprint density at radius 3 is 3.16 bits per heavy atom. The van der Waals surface area contributed by atoms with Gasteiger partial charge in [-0.2, -0.15) is 0 Å². The van der Waals surface area contributed by atoms with Crippen molar-refractivity contribution in [3.8, 4) is 5.75 Å². The summed E-state index contributed by atoms with van der Waals surface area (Å²) in [7, 11) is 2.21. The van der Waals surface area contributed by atoms with E-state index in [1.807, 2.05) is 12.1 Å². The van der Waals surface area contributed by atoms with Gasteiger partial charge in [0.1, 0.15) is 11.6 Å². The smallest absolute Gasteiger partial charge is 0.129 e. The van der Waals surface area contributed by atoms with E-state index < -0.39 is 0 Å². The Morgan fingerprint density at radius 1 is 1.53 bits per heavy atom. The number of pyridine rings is 1. The van der Waals surface area contributed by atoms with Gasteiger partial charge in [-0.25, -0.2) is 4.98 Å². The van der Waals surface area contributed by atoms with Crippen LogP contribution in [0.4, 0.5) is 5.82 Å². The number of anilines is 1.